The minimum Gasteiger partial charge on any atom is -0.363 e. The summed E-state index contributed by atoms with van der Waals surface area (Å²) in [4.78, 5) is 31.4. The van der Waals surface area contributed by atoms with Gasteiger partial charge in [0.25, 0.3) is 5.91 Å². The van der Waals surface area contributed by atoms with Crippen molar-refractivity contribution in [3.8, 4) is 0 Å². The molecule has 6 heteroatoms. The second-order valence-corrected chi connectivity index (χ2v) is 4.55. The summed E-state index contributed by atoms with van der Waals surface area (Å²) >= 11 is 0. The van der Waals surface area contributed by atoms with Crippen LogP contribution in [0.5, 0.6) is 0 Å². The lowest BCUT2D eigenvalue weighted by Crippen LogP contribution is -2.40. The molecule has 0 aliphatic heterocycles. The van der Waals surface area contributed by atoms with E-state index in [0.717, 1.165) is 5.82 Å². The Morgan fingerprint density at radius 1 is 1.20 bits per heavy atom. The van der Waals surface area contributed by atoms with E-state index in [2.05, 4.69) is 10.3 Å². The molecule has 0 bridgehead atoms. The van der Waals surface area contributed by atoms with Gasteiger partial charge in [-0.05, 0) is 26.0 Å². The van der Waals surface area contributed by atoms with E-state index in [0.29, 0.717) is 18.7 Å². The summed E-state index contributed by atoms with van der Waals surface area (Å²) in [5.74, 6) is 0.408. The van der Waals surface area contributed by atoms with Crippen molar-refractivity contribution in [3.63, 3.8) is 0 Å². The summed E-state index contributed by atoms with van der Waals surface area (Å²) in [6.45, 7) is 5.12. The van der Waals surface area contributed by atoms with Gasteiger partial charge in [-0.2, -0.15) is 0 Å². The summed E-state index contributed by atoms with van der Waals surface area (Å²) < 4.78 is 0. The third-order valence-corrected chi connectivity index (χ3v) is 2.98. The lowest BCUT2D eigenvalue weighted by Gasteiger charge is -2.18. The minimum absolute atomic E-state index is 0.00987. The van der Waals surface area contributed by atoms with E-state index >= 15 is 0 Å². The van der Waals surface area contributed by atoms with E-state index < -0.39 is 0 Å². The molecule has 0 spiro atoms. The molecule has 1 heterocycles. The number of carbonyl (C=O) groups is 2. The van der Waals surface area contributed by atoms with Crippen molar-refractivity contribution in [2.24, 2.45) is 0 Å². The third-order valence-electron chi connectivity index (χ3n) is 2.98. The highest BCUT2D eigenvalue weighted by molar-refractivity contribution is 5.96. The van der Waals surface area contributed by atoms with Crippen LogP contribution in [0.25, 0.3) is 0 Å². The van der Waals surface area contributed by atoms with Gasteiger partial charge in [0.15, 0.2) is 0 Å². The largest absolute Gasteiger partial charge is 0.363 e. The third kappa shape index (κ3) is 4.22. The lowest BCUT2D eigenvalue weighted by atomic mass is 10.2. The molecule has 0 aliphatic rings. The molecule has 0 aliphatic carbocycles. The summed E-state index contributed by atoms with van der Waals surface area (Å²) in [6, 6.07) is 3.46. The zero-order chi connectivity index (χ0) is 15.1. The molecule has 0 saturated heterocycles. The smallest absolute Gasteiger partial charge is 0.253 e. The quantitative estimate of drug-likeness (QED) is 0.834. The first-order valence-corrected chi connectivity index (χ1v) is 6.68. The van der Waals surface area contributed by atoms with Crippen molar-refractivity contribution in [2.75, 3.05) is 38.6 Å². The van der Waals surface area contributed by atoms with Crippen LogP contribution in [0.2, 0.25) is 0 Å². The fourth-order valence-corrected chi connectivity index (χ4v) is 1.73. The van der Waals surface area contributed by atoms with Crippen molar-refractivity contribution >= 4 is 17.6 Å². The molecular formula is C14H22N4O2. The van der Waals surface area contributed by atoms with Crippen LogP contribution in [-0.4, -0.2) is 55.4 Å². The fourth-order valence-electron chi connectivity index (χ4n) is 1.73. The molecule has 1 aromatic rings. The van der Waals surface area contributed by atoms with Gasteiger partial charge in [0.05, 0.1) is 12.1 Å². The Labute approximate surface area is 119 Å². The van der Waals surface area contributed by atoms with Crippen LogP contribution in [0, 0.1) is 0 Å². The number of pyridine rings is 1. The topological polar surface area (TPSA) is 65.5 Å². The number of hydrogen-bond acceptors (Lipinski definition) is 4. The number of anilines is 1. The Kier molecular flexibility index (Phi) is 5.96. The number of nitrogens with one attached hydrogen (secondary N) is 1. The van der Waals surface area contributed by atoms with Crippen LogP contribution in [0.3, 0.4) is 0 Å². The first-order valence-electron chi connectivity index (χ1n) is 6.68. The number of rotatable bonds is 6. The Bertz CT molecular complexity index is 453. The van der Waals surface area contributed by atoms with Crippen LogP contribution in [0.1, 0.15) is 24.2 Å². The van der Waals surface area contributed by atoms with E-state index in [1.807, 2.05) is 32.8 Å². The number of likely N-dealkylation sites (N-methyl/N-ethyl adjacent to an activating group) is 1. The first kappa shape index (κ1) is 15.9. The predicted octanol–water partition coefficient (Wildman–Crippen LogP) is 0.746. The van der Waals surface area contributed by atoms with Crippen molar-refractivity contribution in [3.05, 3.63) is 23.9 Å². The van der Waals surface area contributed by atoms with E-state index in [4.69, 9.17) is 0 Å². The molecule has 0 aromatic carbocycles. The lowest BCUT2D eigenvalue weighted by molar-refractivity contribution is -0.129. The summed E-state index contributed by atoms with van der Waals surface area (Å²) in [5.41, 5.74) is 0.447. The van der Waals surface area contributed by atoms with Crippen molar-refractivity contribution in [1.82, 2.24) is 15.2 Å². The Hall–Kier alpha value is -2.11. The maximum absolute atomic E-state index is 11.9. The Morgan fingerprint density at radius 2 is 1.85 bits per heavy atom. The number of aromatic nitrogens is 1. The Morgan fingerprint density at radius 3 is 2.30 bits per heavy atom. The molecule has 6 nitrogen and oxygen atoms in total. The molecule has 110 valence electrons. The predicted molar refractivity (Wildman–Crippen MR) is 78.8 cm³/mol. The van der Waals surface area contributed by atoms with Crippen molar-refractivity contribution in [1.29, 1.82) is 0 Å². The Balaban J connectivity index is 2.56. The van der Waals surface area contributed by atoms with Gasteiger partial charge in [-0.1, -0.05) is 0 Å². The number of nitrogens with zero attached hydrogens (tertiary/aromatic N) is 3. The van der Waals surface area contributed by atoms with E-state index in [9.17, 15) is 9.59 Å². The highest BCUT2D eigenvalue weighted by atomic mass is 16.2. The summed E-state index contributed by atoms with van der Waals surface area (Å²) in [7, 11) is 3.76. The standard InChI is InChI=1S/C14H22N4O2/c1-5-18(6-2)13(19)10-16-14(20)11-7-8-12(15-9-11)17(3)4/h7-9H,5-6,10H2,1-4H3,(H,16,20). The van der Waals surface area contributed by atoms with Crippen LogP contribution in [0.4, 0.5) is 5.82 Å². The zero-order valence-electron chi connectivity index (χ0n) is 12.5. The molecule has 0 atom stereocenters. The number of carbonyl (C=O) groups excluding carboxylic acids is 2. The van der Waals surface area contributed by atoms with Crippen LogP contribution in [-0.2, 0) is 4.79 Å². The molecular weight excluding hydrogens is 256 g/mol. The second-order valence-electron chi connectivity index (χ2n) is 4.55. The molecule has 0 radical (unpaired) electrons. The van der Waals surface area contributed by atoms with Gasteiger partial charge >= 0.3 is 0 Å². The fraction of sp³-hybridized carbons (Fsp3) is 0.500. The molecule has 1 N–H and O–H groups in total. The number of amides is 2. The minimum atomic E-state index is -0.289. The first-order chi connectivity index (χ1) is 9.49. The van der Waals surface area contributed by atoms with Gasteiger partial charge in [-0.25, -0.2) is 4.98 Å². The van der Waals surface area contributed by atoms with Gasteiger partial charge in [0.1, 0.15) is 5.82 Å². The van der Waals surface area contributed by atoms with E-state index in [-0.39, 0.29) is 18.4 Å². The van der Waals surface area contributed by atoms with Gasteiger partial charge < -0.3 is 15.1 Å². The van der Waals surface area contributed by atoms with Crippen molar-refractivity contribution in [2.45, 2.75) is 13.8 Å². The molecule has 1 aromatic heterocycles. The monoisotopic (exact) mass is 278 g/mol. The molecule has 2 amide bonds. The molecule has 20 heavy (non-hydrogen) atoms. The van der Waals surface area contributed by atoms with Gasteiger partial charge in [-0.15, -0.1) is 0 Å². The van der Waals surface area contributed by atoms with Crippen LogP contribution in [0.15, 0.2) is 18.3 Å². The van der Waals surface area contributed by atoms with E-state index in [1.165, 1.54) is 6.20 Å². The molecule has 1 rings (SSSR count). The maximum Gasteiger partial charge on any atom is 0.253 e. The zero-order valence-corrected chi connectivity index (χ0v) is 12.5. The number of hydrogen-bond donors (Lipinski definition) is 1. The second kappa shape index (κ2) is 7.47. The average Bonchev–Trinajstić information content (AvgIpc) is 2.46. The normalized spacial score (nSPS) is 10.0. The molecule has 0 fully saturated rings. The molecule has 0 saturated carbocycles. The van der Waals surface area contributed by atoms with Gasteiger partial charge in [0, 0.05) is 33.4 Å². The summed E-state index contributed by atoms with van der Waals surface area (Å²) in [6.07, 6.45) is 1.51. The van der Waals surface area contributed by atoms with Gasteiger partial charge in [-0.3, -0.25) is 9.59 Å². The van der Waals surface area contributed by atoms with Gasteiger partial charge in [0.2, 0.25) is 5.91 Å². The summed E-state index contributed by atoms with van der Waals surface area (Å²) in [5, 5.41) is 2.61. The van der Waals surface area contributed by atoms with Crippen LogP contribution >= 0.6 is 0 Å². The van der Waals surface area contributed by atoms with E-state index in [1.54, 1.807) is 17.0 Å². The van der Waals surface area contributed by atoms with Crippen molar-refractivity contribution < 1.29 is 9.59 Å². The average molecular weight is 278 g/mol. The highest BCUT2D eigenvalue weighted by Gasteiger charge is 2.12. The molecule has 0 unspecified atom stereocenters. The SMILES string of the molecule is CCN(CC)C(=O)CNC(=O)c1ccc(N(C)C)nc1. The maximum atomic E-state index is 11.9. The van der Waals surface area contributed by atoms with Crippen LogP contribution < -0.4 is 10.2 Å². The highest BCUT2D eigenvalue weighted by Crippen LogP contribution is 2.07.